The maximum absolute atomic E-state index is 12.0. The molecule has 0 aliphatic heterocycles. The molecule has 7 nitrogen and oxygen atoms in total. The number of amides is 1. The first-order valence-corrected chi connectivity index (χ1v) is 9.20. The zero-order valence-corrected chi connectivity index (χ0v) is 16.2. The molecule has 0 saturated heterocycles. The lowest BCUT2D eigenvalue weighted by atomic mass is 9.99. The Bertz CT molecular complexity index is 1130. The van der Waals surface area contributed by atoms with Gasteiger partial charge in [-0.2, -0.15) is 5.10 Å². The van der Waals surface area contributed by atoms with Gasteiger partial charge in [-0.15, -0.1) is 0 Å². The zero-order valence-electron chi connectivity index (χ0n) is 16.2. The van der Waals surface area contributed by atoms with E-state index in [1.807, 2.05) is 48.7 Å². The van der Waals surface area contributed by atoms with E-state index in [1.165, 1.54) is 0 Å². The maximum atomic E-state index is 12.0. The summed E-state index contributed by atoms with van der Waals surface area (Å²) < 4.78 is 7.63. The molecule has 0 spiro atoms. The smallest absolute Gasteiger partial charge is 0.251 e. The molecular formula is C22H21N5O2. The number of H-pyrrole nitrogens is 1. The molecule has 2 heterocycles. The zero-order chi connectivity index (χ0) is 20.2. The molecule has 1 amide bonds. The first-order chi connectivity index (χ1) is 14.2. The number of benzene rings is 2. The lowest BCUT2D eigenvalue weighted by Crippen LogP contribution is -2.17. The number of hydrogen-bond acceptors (Lipinski definition) is 4. The van der Waals surface area contributed by atoms with E-state index in [0.717, 1.165) is 34.0 Å². The lowest BCUT2D eigenvalue weighted by molar-refractivity contribution is 0.0963. The largest absolute Gasteiger partial charge is 0.496 e. The highest BCUT2D eigenvalue weighted by Crippen LogP contribution is 2.34. The third-order valence-corrected chi connectivity index (χ3v) is 4.74. The van der Waals surface area contributed by atoms with Crippen LogP contribution in [0.2, 0.25) is 0 Å². The average molecular weight is 387 g/mol. The summed E-state index contributed by atoms with van der Waals surface area (Å²) in [5, 5.41) is 9.64. The molecule has 0 fully saturated rings. The number of rotatable bonds is 6. The molecule has 0 saturated carbocycles. The van der Waals surface area contributed by atoms with Crippen LogP contribution in [0.25, 0.3) is 22.5 Å². The van der Waals surface area contributed by atoms with E-state index in [2.05, 4.69) is 25.1 Å². The number of ether oxygens (including phenoxy) is 1. The topological polar surface area (TPSA) is 84.8 Å². The highest BCUT2D eigenvalue weighted by molar-refractivity contribution is 5.95. The van der Waals surface area contributed by atoms with Crippen molar-refractivity contribution in [2.75, 3.05) is 14.2 Å². The second-order valence-corrected chi connectivity index (χ2v) is 6.54. The van der Waals surface area contributed by atoms with E-state index in [0.29, 0.717) is 12.1 Å². The Morgan fingerprint density at radius 1 is 1.14 bits per heavy atom. The van der Waals surface area contributed by atoms with Gasteiger partial charge < -0.3 is 14.6 Å². The summed E-state index contributed by atoms with van der Waals surface area (Å²) in [5.41, 5.74) is 4.34. The Kier molecular flexibility index (Phi) is 5.11. The Labute approximate surface area is 168 Å². The van der Waals surface area contributed by atoms with Crippen LogP contribution >= 0.6 is 0 Å². The minimum atomic E-state index is -0.128. The van der Waals surface area contributed by atoms with E-state index in [4.69, 9.17) is 4.74 Å². The van der Waals surface area contributed by atoms with Gasteiger partial charge in [0.2, 0.25) is 0 Å². The molecule has 0 atom stereocenters. The predicted molar refractivity (Wildman–Crippen MR) is 111 cm³/mol. The van der Waals surface area contributed by atoms with E-state index in [1.54, 1.807) is 32.6 Å². The molecule has 0 unspecified atom stereocenters. The van der Waals surface area contributed by atoms with Gasteiger partial charge in [-0.3, -0.25) is 9.89 Å². The predicted octanol–water partition coefficient (Wildman–Crippen LogP) is 3.36. The summed E-state index contributed by atoms with van der Waals surface area (Å²) >= 11 is 0. The number of aromatic nitrogens is 4. The summed E-state index contributed by atoms with van der Waals surface area (Å²) in [5.74, 6) is 1.44. The maximum Gasteiger partial charge on any atom is 0.251 e. The minimum absolute atomic E-state index is 0.128. The van der Waals surface area contributed by atoms with Crippen LogP contribution in [0.15, 0.2) is 67.1 Å². The van der Waals surface area contributed by atoms with E-state index >= 15 is 0 Å². The molecule has 0 bridgehead atoms. The van der Waals surface area contributed by atoms with Crippen LogP contribution in [0, 0.1) is 0 Å². The second kappa shape index (κ2) is 8.02. The summed E-state index contributed by atoms with van der Waals surface area (Å²) in [6.07, 6.45) is 5.45. The fraction of sp³-hybridized carbons (Fsp3) is 0.136. The minimum Gasteiger partial charge on any atom is -0.496 e. The third kappa shape index (κ3) is 3.75. The molecule has 29 heavy (non-hydrogen) atoms. The number of aromatic amines is 1. The van der Waals surface area contributed by atoms with E-state index < -0.39 is 0 Å². The SMILES string of the molecule is CNC(=O)c1cccc(-c2cc(-c3nccn3Cc3ccn[nH]3)ccc2OC)c1. The van der Waals surface area contributed by atoms with Gasteiger partial charge in [-0.1, -0.05) is 12.1 Å². The molecule has 0 radical (unpaired) electrons. The number of methoxy groups -OCH3 is 1. The van der Waals surface area contributed by atoms with Crippen molar-refractivity contribution in [2.24, 2.45) is 0 Å². The first kappa shape index (κ1) is 18.5. The van der Waals surface area contributed by atoms with Crippen LogP contribution in [0.4, 0.5) is 0 Å². The van der Waals surface area contributed by atoms with Crippen molar-refractivity contribution in [1.82, 2.24) is 25.1 Å². The molecule has 0 aliphatic rings. The molecule has 4 rings (SSSR count). The average Bonchev–Trinajstić information content (AvgIpc) is 3.45. The van der Waals surface area contributed by atoms with Crippen molar-refractivity contribution in [3.63, 3.8) is 0 Å². The fourth-order valence-electron chi connectivity index (χ4n) is 3.30. The van der Waals surface area contributed by atoms with E-state index in [-0.39, 0.29) is 5.91 Å². The number of nitrogens with one attached hydrogen (secondary N) is 2. The van der Waals surface area contributed by atoms with Crippen LogP contribution in [0.3, 0.4) is 0 Å². The summed E-state index contributed by atoms with van der Waals surface area (Å²) in [6, 6.07) is 15.4. The molecule has 2 aromatic heterocycles. The van der Waals surface area contributed by atoms with Crippen LogP contribution in [0.1, 0.15) is 16.1 Å². The quantitative estimate of drug-likeness (QED) is 0.531. The molecule has 0 aliphatic carbocycles. The number of hydrogen-bond donors (Lipinski definition) is 2. The highest BCUT2D eigenvalue weighted by Gasteiger charge is 2.14. The molecule has 4 aromatic rings. The van der Waals surface area contributed by atoms with Crippen molar-refractivity contribution in [3.05, 3.63) is 78.4 Å². The number of carbonyl (C=O) groups is 1. The van der Waals surface area contributed by atoms with Crippen molar-refractivity contribution >= 4 is 5.91 Å². The van der Waals surface area contributed by atoms with Crippen molar-refractivity contribution in [2.45, 2.75) is 6.54 Å². The highest BCUT2D eigenvalue weighted by atomic mass is 16.5. The van der Waals surface area contributed by atoms with Gasteiger partial charge in [0.15, 0.2) is 0 Å². The number of nitrogens with zero attached hydrogens (tertiary/aromatic N) is 3. The summed E-state index contributed by atoms with van der Waals surface area (Å²) in [7, 11) is 3.26. The first-order valence-electron chi connectivity index (χ1n) is 9.20. The van der Waals surface area contributed by atoms with Gasteiger partial charge in [0.25, 0.3) is 5.91 Å². The standard InChI is InChI=1S/C22H21N5O2/c1-23-22(28)17-5-3-4-15(12-17)19-13-16(6-7-20(19)29-2)21-24-10-11-27(21)14-18-8-9-25-26-18/h3-13H,14H2,1-2H3,(H,23,28)(H,25,26). The normalized spacial score (nSPS) is 10.7. The summed E-state index contributed by atoms with van der Waals surface area (Å²) in [4.78, 5) is 16.6. The second-order valence-electron chi connectivity index (χ2n) is 6.54. The van der Waals surface area contributed by atoms with Crippen LogP contribution in [-0.4, -0.2) is 39.8 Å². The van der Waals surface area contributed by atoms with E-state index in [9.17, 15) is 4.79 Å². The monoisotopic (exact) mass is 387 g/mol. The fourth-order valence-corrected chi connectivity index (χ4v) is 3.30. The molecule has 146 valence electrons. The van der Waals surface area contributed by atoms with Crippen molar-refractivity contribution in [1.29, 1.82) is 0 Å². The van der Waals surface area contributed by atoms with Crippen LogP contribution in [0.5, 0.6) is 5.75 Å². The summed E-state index contributed by atoms with van der Waals surface area (Å²) in [6.45, 7) is 0.642. The number of carbonyl (C=O) groups excluding carboxylic acids is 1. The van der Waals surface area contributed by atoms with Gasteiger partial charge in [-0.25, -0.2) is 4.98 Å². The van der Waals surface area contributed by atoms with Gasteiger partial charge in [0.1, 0.15) is 11.6 Å². The Morgan fingerprint density at radius 3 is 2.79 bits per heavy atom. The van der Waals surface area contributed by atoms with Gasteiger partial charge >= 0.3 is 0 Å². The van der Waals surface area contributed by atoms with Crippen LogP contribution < -0.4 is 10.1 Å². The Balaban J connectivity index is 1.76. The van der Waals surface area contributed by atoms with Gasteiger partial charge in [0, 0.05) is 42.3 Å². The third-order valence-electron chi connectivity index (χ3n) is 4.74. The van der Waals surface area contributed by atoms with Crippen molar-refractivity contribution in [3.8, 4) is 28.3 Å². The molecule has 7 heteroatoms. The Hall–Kier alpha value is -3.87. The molecule has 2 aromatic carbocycles. The molecular weight excluding hydrogens is 366 g/mol. The number of imidazole rings is 1. The van der Waals surface area contributed by atoms with Crippen LogP contribution in [-0.2, 0) is 6.54 Å². The van der Waals surface area contributed by atoms with Gasteiger partial charge in [0.05, 0.1) is 19.3 Å². The lowest BCUT2D eigenvalue weighted by Gasteiger charge is -2.13. The molecule has 2 N–H and O–H groups in total. The van der Waals surface area contributed by atoms with Crippen molar-refractivity contribution < 1.29 is 9.53 Å². The Morgan fingerprint density at radius 2 is 2.03 bits per heavy atom. The van der Waals surface area contributed by atoms with Gasteiger partial charge in [-0.05, 0) is 42.0 Å².